The lowest BCUT2D eigenvalue weighted by Crippen LogP contribution is -2.49. The molecule has 39 heavy (non-hydrogen) atoms. The summed E-state index contributed by atoms with van der Waals surface area (Å²) < 4.78 is 77.4. The zero-order valence-electron chi connectivity index (χ0n) is 20.6. The van der Waals surface area contributed by atoms with Gasteiger partial charge in [0.25, 0.3) is 5.89 Å². The lowest BCUT2D eigenvalue weighted by atomic mass is 10.3. The highest BCUT2D eigenvalue weighted by atomic mass is 32.2. The summed E-state index contributed by atoms with van der Waals surface area (Å²) in [6.45, 7) is 0.203. The van der Waals surface area contributed by atoms with Gasteiger partial charge in [0.15, 0.2) is 10.7 Å². The Hall–Kier alpha value is -4.41. The lowest BCUT2D eigenvalue weighted by molar-refractivity contribution is 0.270. The largest absolute Gasteiger partial charge is 0.497 e. The maximum Gasteiger partial charge on any atom is 0.266 e. The third-order valence-corrected chi connectivity index (χ3v) is 8.02. The molecule has 0 atom stereocenters. The van der Waals surface area contributed by atoms with Crippen LogP contribution in [0.3, 0.4) is 0 Å². The van der Waals surface area contributed by atoms with Crippen LogP contribution in [0.2, 0.25) is 0 Å². The van der Waals surface area contributed by atoms with Crippen molar-refractivity contribution in [1.29, 1.82) is 5.26 Å². The first-order chi connectivity index (χ1) is 18.8. The fraction of sp³-hybridized carbons (Fsp3) is 0.231. The highest BCUT2D eigenvalue weighted by Crippen LogP contribution is 2.31. The van der Waals surface area contributed by atoms with Crippen molar-refractivity contribution >= 4 is 15.9 Å². The Balaban J connectivity index is 1.26. The maximum atomic E-state index is 14.1. The molecule has 2 aromatic heterocycles. The number of piperazine rings is 1. The highest BCUT2D eigenvalue weighted by molar-refractivity contribution is 7.89. The predicted molar refractivity (Wildman–Crippen MR) is 134 cm³/mol. The second kappa shape index (κ2) is 10.8. The molecule has 2 aromatic carbocycles. The number of benzene rings is 2. The molecule has 0 N–H and O–H groups in total. The molecule has 0 aliphatic carbocycles. The quantitative estimate of drug-likeness (QED) is 0.315. The molecule has 0 bridgehead atoms. The Morgan fingerprint density at radius 1 is 0.974 bits per heavy atom. The fourth-order valence-corrected chi connectivity index (χ4v) is 5.62. The summed E-state index contributed by atoms with van der Waals surface area (Å²) in [7, 11) is -2.82. The minimum Gasteiger partial charge on any atom is -0.497 e. The number of furan rings is 1. The molecule has 3 heterocycles. The molecule has 1 aliphatic heterocycles. The summed E-state index contributed by atoms with van der Waals surface area (Å²) in [5.74, 6) is 0.0124. The number of hydrogen-bond donors (Lipinski definition) is 0. The first-order valence-electron chi connectivity index (χ1n) is 11.8. The standard InChI is InChI=1S/C26H22F2N4O6S/c1-35-17-5-7-18(8-6-17)36-16-19-9-10-23(37-19)25-30-22(15-29)26(38-25)31-11-13-32(14-12-31)39(33,34)24-20(27)3-2-4-21(24)28/h2-10H,11-14,16H2,1H3. The third kappa shape index (κ3) is 5.29. The van der Waals surface area contributed by atoms with Crippen LogP contribution in [-0.2, 0) is 16.6 Å². The van der Waals surface area contributed by atoms with Crippen LogP contribution in [0.4, 0.5) is 14.7 Å². The Morgan fingerprint density at radius 3 is 2.28 bits per heavy atom. The van der Waals surface area contributed by atoms with Gasteiger partial charge in [0.05, 0.1) is 7.11 Å². The lowest BCUT2D eigenvalue weighted by Gasteiger charge is -2.33. The first kappa shape index (κ1) is 26.2. The number of hydrogen-bond acceptors (Lipinski definition) is 9. The van der Waals surface area contributed by atoms with Crippen molar-refractivity contribution in [3.8, 4) is 29.2 Å². The van der Waals surface area contributed by atoms with Crippen molar-refractivity contribution in [1.82, 2.24) is 9.29 Å². The topological polar surface area (TPSA) is 122 Å². The molecule has 0 radical (unpaired) electrons. The summed E-state index contributed by atoms with van der Waals surface area (Å²) in [4.78, 5) is 4.88. The number of methoxy groups -OCH3 is 1. The normalized spacial score (nSPS) is 14.3. The predicted octanol–water partition coefficient (Wildman–Crippen LogP) is 4.18. The number of anilines is 1. The van der Waals surface area contributed by atoms with E-state index in [1.165, 1.54) is 0 Å². The molecule has 1 saturated heterocycles. The van der Waals surface area contributed by atoms with Crippen LogP contribution in [0, 0.1) is 23.0 Å². The maximum absolute atomic E-state index is 14.1. The van der Waals surface area contributed by atoms with E-state index in [-0.39, 0.29) is 56.0 Å². The van der Waals surface area contributed by atoms with E-state index in [9.17, 15) is 22.5 Å². The average Bonchev–Trinajstić information content (AvgIpc) is 3.59. The van der Waals surface area contributed by atoms with Gasteiger partial charge < -0.3 is 23.2 Å². The summed E-state index contributed by atoms with van der Waals surface area (Å²) in [5.41, 5.74) is -0.00566. The fourth-order valence-electron chi connectivity index (χ4n) is 4.09. The van der Waals surface area contributed by atoms with Crippen molar-refractivity contribution in [3.63, 3.8) is 0 Å². The van der Waals surface area contributed by atoms with Gasteiger partial charge in [0.1, 0.15) is 41.6 Å². The average molecular weight is 557 g/mol. The van der Waals surface area contributed by atoms with Crippen LogP contribution in [0.1, 0.15) is 11.5 Å². The number of halogens is 2. The van der Waals surface area contributed by atoms with Crippen LogP contribution in [0.15, 0.2) is 68.3 Å². The van der Waals surface area contributed by atoms with E-state index in [0.29, 0.717) is 17.3 Å². The molecular formula is C26H22F2N4O6S. The first-order valence-corrected chi connectivity index (χ1v) is 13.2. The summed E-state index contributed by atoms with van der Waals surface area (Å²) in [6, 6.07) is 15.3. The molecule has 0 saturated carbocycles. The van der Waals surface area contributed by atoms with Crippen molar-refractivity contribution in [2.45, 2.75) is 11.5 Å². The molecule has 1 aliphatic rings. The number of aromatic nitrogens is 1. The molecule has 0 amide bonds. The van der Waals surface area contributed by atoms with Crippen LogP contribution >= 0.6 is 0 Å². The van der Waals surface area contributed by atoms with E-state index >= 15 is 0 Å². The Morgan fingerprint density at radius 2 is 1.64 bits per heavy atom. The number of rotatable bonds is 8. The van der Waals surface area contributed by atoms with Gasteiger partial charge in [-0.1, -0.05) is 6.07 Å². The summed E-state index contributed by atoms with van der Waals surface area (Å²) >= 11 is 0. The zero-order valence-corrected chi connectivity index (χ0v) is 21.5. The van der Waals surface area contributed by atoms with Gasteiger partial charge in [-0.15, -0.1) is 0 Å². The minimum atomic E-state index is -4.40. The molecule has 4 aromatic rings. The Labute approximate surface area is 222 Å². The van der Waals surface area contributed by atoms with Crippen LogP contribution in [0.5, 0.6) is 11.5 Å². The molecule has 0 spiro atoms. The van der Waals surface area contributed by atoms with E-state index < -0.39 is 26.6 Å². The Kier molecular flexibility index (Phi) is 7.23. The van der Waals surface area contributed by atoms with Gasteiger partial charge in [0.2, 0.25) is 21.6 Å². The number of nitriles is 1. The summed E-state index contributed by atoms with van der Waals surface area (Å²) in [6.07, 6.45) is 0. The SMILES string of the molecule is COc1ccc(OCc2ccc(-c3nc(C#N)c(N4CCN(S(=O)(=O)c5c(F)cccc5F)CC4)o3)o2)cc1. The molecule has 5 rings (SSSR count). The van der Waals surface area contributed by atoms with Gasteiger partial charge in [-0.05, 0) is 48.5 Å². The van der Waals surface area contributed by atoms with Gasteiger partial charge in [0, 0.05) is 26.2 Å². The zero-order chi connectivity index (χ0) is 27.6. The number of sulfonamides is 1. The molecule has 202 valence electrons. The third-order valence-electron chi connectivity index (χ3n) is 6.07. The molecule has 13 heteroatoms. The van der Waals surface area contributed by atoms with E-state index in [4.69, 9.17) is 18.3 Å². The van der Waals surface area contributed by atoms with Gasteiger partial charge >= 0.3 is 0 Å². The summed E-state index contributed by atoms with van der Waals surface area (Å²) in [5, 5.41) is 9.60. The van der Waals surface area contributed by atoms with Crippen molar-refractivity contribution in [3.05, 3.63) is 77.7 Å². The van der Waals surface area contributed by atoms with Crippen LogP contribution in [0.25, 0.3) is 11.7 Å². The van der Waals surface area contributed by atoms with Crippen molar-refractivity contribution < 1.29 is 35.5 Å². The van der Waals surface area contributed by atoms with Crippen LogP contribution in [-0.4, -0.2) is 51.0 Å². The second-order valence-corrected chi connectivity index (χ2v) is 10.3. The van der Waals surface area contributed by atoms with Gasteiger partial charge in [-0.25, -0.2) is 17.2 Å². The second-order valence-electron chi connectivity index (χ2n) is 8.46. The van der Waals surface area contributed by atoms with E-state index in [2.05, 4.69) is 4.98 Å². The van der Waals surface area contributed by atoms with E-state index in [1.54, 1.807) is 48.4 Å². The minimum absolute atomic E-state index is 0.00566. The molecule has 1 fully saturated rings. The van der Waals surface area contributed by atoms with E-state index in [0.717, 1.165) is 22.5 Å². The molecule has 10 nitrogen and oxygen atoms in total. The van der Waals surface area contributed by atoms with Crippen LogP contribution < -0.4 is 14.4 Å². The van der Waals surface area contributed by atoms with E-state index in [1.807, 2.05) is 6.07 Å². The number of oxazole rings is 1. The highest BCUT2D eigenvalue weighted by Gasteiger charge is 2.34. The molecule has 0 unspecified atom stereocenters. The van der Waals surface area contributed by atoms with Crippen molar-refractivity contribution in [2.24, 2.45) is 0 Å². The Bertz CT molecular complexity index is 1600. The molecular weight excluding hydrogens is 534 g/mol. The smallest absolute Gasteiger partial charge is 0.266 e. The number of ether oxygens (including phenoxy) is 2. The van der Waals surface area contributed by atoms with Gasteiger partial charge in [-0.2, -0.15) is 14.6 Å². The van der Waals surface area contributed by atoms with Crippen molar-refractivity contribution in [2.75, 3.05) is 38.2 Å². The number of nitrogens with zero attached hydrogens (tertiary/aromatic N) is 4. The monoisotopic (exact) mass is 556 g/mol. The van der Waals surface area contributed by atoms with Gasteiger partial charge in [-0.3, -0.25) is 0 Å².